The summed E-state index contributed by atoms with van der Waals surface area (Å²) in [6, 6.07) is 14.5. The maximum atomic E-state index is 11.8. The van der Waals surface area contributed by atoms with Crippen molar-refractivity contribution in [3.63, 3.8) is 0 Å². The normalized spacial score (nSPS) is 11.2. The van der Waals surface area contributed by atoms with Gasteiger partial charge >= 0.3 is 0 Å². The number of halogens is 1. The van der Waals surface area contributed by atoms with Gasteiger partial charge in [-0.25, -0.2) is 5.43 Å². The van der Waals surface area contributed by atoms with Crippen LogP contribution >= 0.6 is 11.6 Å². The van der Waals surface area contributed by atoms with Crippen LogP contribution in [0.1, 0.15) is 18.1 Å². The Bertz CT molecular complexity index is 648. The third-order valence-corrected chi connectivity index (χ3v) is 3.21. The molecule has 0 spiro atoms. The number of nitrogens with two attached hydrogens (primary N) is 1. The first-order chi connectivity index (χ1) is 10.0. The van der Waals surface area contributed by atoms with Crippen molar-refractivity contribution in [3.8, 4) is 0 Å². The molecule has 0 heterocycles. The largest absolute Gasteiger partial charge is 0.399 e. The number of carbonyl (C=O) groups is 1. The fraction of sp³-hybridized carbons (Fsp3) is 0.125. The zero-order chi connectivity index (χ0) is 15.2. The van der Waals surface area contributed by atoms with Gasteiger partial charge in [-0.05, 0) is 42.3 Å². The van der Waals surface area contributed by atoms with Crippen molar-refractivity contribution in [2.45, 2.75) is 13.3 Å². The van der Waals surface area contributed by atoms with E-state index < -0.39 is 0 Å². The van der Waals surface area contributed by atoms with Crippen molar-refractivity contribution >= 4 is 28.9 Å². The van der Waals surface area contributed by atoms with Crippen LogP contribution in [0, 0.1) is 0 Å². The number of carbonyl (C=O) groups excluding carboxylic acids is 1. The predicted molar refractivity (Wildman–Crippen MR) is 86.4 cm³/mol. The van der Waals surface area contributed by atoms with Crippen molar-refractivity contribution in [2.75, 3.05) is 5.73 Å². The minimum Gasteiger partial charge on any atom is -0.399 e. The molecule has 0 atom stereocenters. The highest BCUT2D eigenvalue weighted by Gasteiger charge is 2.03. The van der Waals surface area contributed by atoms with Gasteiger partial charge in [-0.2, -0.15) is 5.10 Å². The molecular formula is C16H16ClN3O. The molecule has 108 valence electrons. The summed E-state index contributed by atoms with van der Waals surface area (Å²) >= 11 is 5.80. The molecule has 2 aromatic carbocycles. The van der Waals surface area contributed by atoms with Gasteiger partial charge in [0, 0.05) is 10.7 Å². The first kappa shape index (κ1) is 15.1. The van der Waals surface area contributed by atoms with Crippen LogP contribution in [0.4, 0.5) is 5.69 Å². The molecule has 0 fully saturated rings. The van der Waals surface area contributed by atoms with Crippen molar-refractivity contribution < 1.29 is 4.79 Å². The van der Waals surface area contributed by atoms with Crippen LogP contribution in [-0.4, -0.2) is 11.6 Å². The average molecular weight is 302 g/mol. The fourth-order valence-electron chi connectivity index (χ4n) is 1.76. The first-order valence-corrected chi connectivity index (χ1v) is 6.86. The van der Waals surface area contributed by atoms with Gasteiger partial charge in [-0.15, -0.1) is 0 Å². The summed E-state index contributed by atoms with van der Waals surface area (Å²) in [5, 5.41) is 4.74. The third kappa shape index (κ3) is 4.61. The maximum Gasteiger partial charge on any atom is 0.244 e. The molecule has 2 rings (SSSR count). The van der Waals surface area contributed by atoms with E-state index in [0.717, 1.165) is 16.8 Å². The molecule has 1 amide bonds. The lowest BCUT2D eigenvalue weighted by Crippen LogP contribution is -2.21. The lowest BCUT2D eigenvalue weighted by Gasteiger charge is -2.04. The van der Waals surface area contributed by atoms with E-state index in [2.05, 4.69) is 10.5 Å². The molecule has 0 aromatic heterocycles. The predicted octanol–water partition coefficient (Wildman–Crippen LogP) is 3.01. The molecule has 0 radical (unpaired) electrons. The molecular weight excluding hydrogens is 286 g/mol. The van der Waals surface area contributed by atoms with Gasteiger partial charge in [0.05, 0.1) is 12.1 Å². The molecule has 2 aromatic rings. The van der Waals surface area contributed by atoms with E-state index in [9.17, 15) is 4.79 Å². The Hall–Kier alpha value is -2.33. The van der Waals surface area contributed by atoms with Crippen LogP contribution in [0.5, 0.6) is 0 Å². The molecule has 0 saturated carbocycles. The summed E-state index contributed by atoms with van der Waals surface area (Å²) in [5.41, 5.74) is 11.4. The van der Waals surface area contributed by atoms with Crippen molar-refractivity contribution in [1.29, 1.82) is 0 Å². The zero-order valence-corrected chi connectivity index (χ0v) is 12.4. The summed E-state index contributed by atoms with van der Waals surface area (Å²) in [6.07, 6.45) is 0.260. The fourth-order valence-corrected chi connectivity index (χ4v) is 1.89. The Morgan fingerprint density at radius 3 is 2.38 bits per heavy atom. The lowest BCUT2D eigenvalue weighted by molar-refractivity contribution is -0.120. The highest BCUT2D eigenvalue weighted by molar-refractivity contribution is 6.30. The molecule has 5 heteroatoms. The molecule has 4 nitrogen and oxygen atoms in total. The van der Waals surface area contributed by atoms with Gasteiger partial charge in [0.15, 0.2) is 0 Å². The van der Waals surface area contributed by atoms with Crippen molar-refractivity contribution in [1.82, 2.24) is 5.43 Å². The van der Waals surface area contributed by atoms with Crippen molar-refractivity contribution in [3.05, 3.63) is 64.7 Å². The second-order valence-corrected chi connectivity index (χ2v) is 5.09. The number of benzene rings is 2. The van der Waals surface area contributed by atoms with Gasteiger partial charge in [0.25, 0.3) is 0 Å². The second-order valence-electron chi connectivity index (χ2n) is 4.66. The average Bonchev–Trinajstić information content (AvgIpc) is 2.48. The number of anilines is 1. The van der Waals surface area contributed by atoms with Gasteiger partial charge in [-0.1, -0.05) is 35.9 Å². The first-order valence-electron chi connectivity index (χ1n) is 6.48. The number of hydrogen-bond acceptors (Lipinski definition) is 3. The molecule has 3 N–H and O–H groups in total. The topological polar surface area (TPSA) is 67.5 Å². The molecule has 0 aliphatic carbocycles. The summed E-state index contributed by atoms with van der Waals surface area (Å²) in [4.78, 5) is 11.8. The Kier molecular flexibility index (Phi) is 4.95. The SMILES string of the molecule is C/C(=N\NC(=O)Cc1ccc(Cl)cc1)c1ccc(N)cc1. The number of nitrogens with zero attached hydrogens (tertiary/aromatic N) is 1. The number of amides is 1. The van der Waals surface area contributed by atoms with Crippen LogP contribution in [-0.2, 0) is 11.2 Å². The molecule has 0 bridgehead atoms. The van der Waals surface area contributed by atoms with Crippen LogP contribution in [0.25, 0.3) is 0 Å². The summed E-state index contributed by atoms with van der Waals surface area (Å²) in [7, 11) is 0. The summed E-state index contributed by atoms with van der Waals surface area (Å²) in [5.74, 6) is -0.174. The van der Waals surface area contributed by atoms with Crippen LogP contribution < -0.4 is 11.2 Å². The molecule has 0 unspecified atom stereocenters. The smallest absolute Gasteiger partial charge is 0.244 e. The quantitative estimate of drug-likeness (QED) is 0.518. The molecule has 0 saturated heterocycles. The van der Waals surface area contributed by atoms with E-state index in [1.165, 1.54) is 0 Å². The number of hydrazone groups is 1. The van der Waals surface area contributed by atoms with Crippen LogP contribution in [0.2, 0.25) is 5.02 Å². The lowest BCUT2D eigenvalue weighted by atomic mass is 10.1. The number of hydrogen-bond donors (Lipinski definition) is 2. The molecule has 0 aliphatic heterocycles. The highest BCUT2D eigenvalue weighted by atomic mass is 35.5. The van der Waals surface area contributed by atoms with Crippen molar-refractivity contribution in [2.24, 2.45) is 5.10 Å². The number of nitrogens with one attached hydrogen (secondary N) is 1. The highest BCUT2D eigenvalue weighted by Crippen LogP contribution is 2.10. The monoisotopic (exact) mass is 301 g/mol. The van der Waals surface area contributed by atoms with Gasteiger partial charge in [0.1, 0.15) is 0 Å². The van der Waals surface area contributed by atoms with E-state index in [0.29, 0.717) is 10.7 Å². The minimum atomic E-state index is -0.174. The van der Waals surface area contributed by atoms with Gasteiger partial charge in [0.2, 0.25) is 5.91 Å². The van der Waals surface area contributed by atoms with Crippen LogP contribution in [0.15, 0.2) is 53.6 Å². The minimum absolute atomic E-state index is 0.174. The van der Waals surface area contributed by atoms with Crippen LogP contribution in [0.3, 0.4) is 0 Å². The number of nitrogen functional groups attached to an aromatic ring is 1. The maximum absolute atomic E-state index is 11.8. The Morgan fingerprint density at radius 2 is 1.76 bits per heavy atom. The summed E-state index contributed by atoms with van der Waals surface area (Å²) in [6.45, 7) is 1.83. The van der Waals surface area contributed by atoms with Gasteiger partial charge in [-0.3, -0.25) is 4.79 Å². The standard InChI is InChI=1S/C16H16ClN3O/c1-11(13-4-8-15(18)9-5-13)19-20-16(21)10-12-2-6-14(17)7-3-12/h2-9H,10,18H2,1H3,(H,20,21)/b19-11+. The summed E-state index contributed by atoms with van der Waals surface area (Å²) < 4.78 is 0. The molecule has 21 heavy (non-hydrogen) atoms. The van der Waals surface area contributed by atoms with E-state index in [1.54, 1.807) is 24.3 Å². The number of rotatable bonds is 4. The van der Waals surface area contributed by atoms with E-state index >= 15 is 0 Å². The van der Waals surface area contributed by atoms with Gasteiger partial charge < -0.3 is 5.73 Å². The Balaban J connectivity index is 1.94. The van der Waals surface area contributed by atoms with E-state index in [-0.39, 0.29) is 12.3 Å². The third-order valence-electron chi connectivity index (χ3n) is 2.95. The molecule has 0 aliphatic rings. The van der Waals surface area contributed by atoms with E-state index in [4.69, 9.17) is 17.3 Å². The Morgan fingerprint density at radius 1 is 1.14 bits per heavy atom. The zero-order valence-electron chi connectivity index (χ0n) is 11.6. The Labute approximate surface area is 128 Å². The second kappa shape index (κ2) is 6.90. The van der Waals surface area contributed by atoms with E-state index in [1.807, 2.05) is 31.2 Å².